The smallest absolute Gasteiger partial charge is 0.243 e. The molecule has 0 radical (unpaired) electrons. The molecule has 9 nitrogen and oxygen atoms in total. The Morgan fingerprint density at radius 2 is 1.59 bits per heavy atom. The molecule has 1 aliphatic heterocycles. The highest BCUT2D eigenvalue weighted by Crippen LogP contribution is 2.26. The minimum Gasteiger partial charge on any atom is -0.497 e. The van der Waals surface area contributed by atoms with Crippen LogP contribution in [0.5, 0.6) is 5.75 Å². The second-order valence-electron chi connectivity index (χ2n) is 10.4. The van der Waals surface area contributed by atoms with Gasteiger partial charge in [0.25, 0.3) is 0 Å². The van der Waals surface area contributed by atoms with Crippen molar-refractivity contribution in [3.05, 3.63) is 59.7 Å². The Hall–Kier alpha value is -2.47. The van der Waals surface area contributed by atoms with E-state index in [4.69, 9.17) is 4.74 Å². The quantitative estimate of drug-likeness (QED) is 0.381. The molecule has 0 atom stereocenters. The van der Waals surface area contributed by atoms with E-state index >= 15 is 0 Å². The van der Waals surface area contributed by atoms with E-state index in [2.05, 4.69) is 0 Å². The van der Waals surface area contributed by atoms with E-state index < -0.39 is 20.0 Å². The fourth-order valence-corrected chi connectivity index (χ4v) is 7.38. The molecule has 216 valence electrons. The van der Waals surface area contributed by atoms with Crippen LogP contribution in [-0.2, 0) is 31.4 Å². The number of methoxy groups -OCH3 is 1. The summed E-state index contributed by atoms with van der Waals surface area (Å²) in [4.78, 5) is 15.6. The third-order valence-corrected chi connectivity index (χ3v) is 10.7. The molecule has 0 spiro atoms. The highest BCUT2D eigenvalue weighted by molar-refractivity contribution is 7.89. The highest BCUT2D eigenvalue weighted by Gasteiger charge is 2.35. The summed E-state index contributed by atoms with van der Waals surface area (Å²) in [5.74, 6) is 0.294. The standard InChI is InChI=1S/C28H41N3O6S2/c1-6-38(33,34)30(19-22(2)3)21-28(32)31(20-24-9-7-23(4)8-10-24)25-15-17-29(18-16-25)39(35,36)27-13-11-26(37-5)12-14-27/h7-14,22,25H,6,15-21H2,1-5H3. The van der Waals surface area contributed by atoms with E-state index in [-0.39, 0.29) is 54.7 Å². The molecule has 1 saturated heterocycles. The summed E-state index contributed by atoms with van der Waals surface area (Å²) < 4.78 is 59.9. The zero-order valence-corrected chi connectivity index (χ0v) is 25.2. The molecule has 0 bridgehead atoms. The van der Waals surface area contributed by atoms with E-state index in [1.807, 2.05) is 45.0 Å². The van der Waals surface area contributed by atoms with Crippen molar-refractivity contribution in [3.63, 3.8) is 0 Å². The van der Waals surface area contributed by atoms with Crippen LogP contribution < -0.4 is 4.74 Å². The van der Waals surface area contributed by atoms with E-state index in [1.54, 1.807) is 24.0 Å². The average Bonchev–Trinajstić information content (AvgIpc) is 2.92. The monoisotopic (exact) mass is 579 g/mol. The number of carbonyl (C=O) groups excluding carboxylic acids is 1. The number of piperidine rings is 1. The van der Waals surface area contributed by atoms with Gasteiger partial charge in [0.05, 0.1) is 24.3 Å². The van der Waals surface area contributed by atoms with Crippen molar-refractivity contribution in [1.29, 1.82) is 0 Å². The first-order valence-electron chi connectivity index (χ1n) is 13.3. The molecule has 0 unspecified atom stereocenters. The number of carbonyl (C=O) groups is 1. The van der Waals surface area contributed by atoms with Crippen LogP contribution in [0.25, 0.3) is 0 Å². The van der Waals surface area contributed by atoms with E-state index in [9.17, 15) is 21.6 Å². The molecule has 39 heavy (non-hydrogen) atoms. The first-order valence-corrected chi connectivity index (χ1v) is 16.4. The van der Waals surface area contributed by atoms with Crippen LogP contribution in [0.4, 0.5) is 0 Å². The first kappa shape index (κ1) is 31.1. The lowest BCUT2D eigenvalue weighted by atomic mass is 10.0. The van der Waals surface area contributed by atoms with Gasteiger partial charge in [-0.05, 0) is 62.4 Å². The van der Waals surface area contributed by atoms with Crippen LogP contribution in [0.2, 0.25) is 0 Å². The highest BCUT2D eigenvalue weighted by atomic mass is 32.2. The first-order chi connectivity index (χ1) is 18.4. The molecule has 1 amide bonds. The second-order valence-corrected chi connectivity index (χ2v) is 14.6. The molecule has 2 aromatic rings. The predicted molar refractivity (Wildman–Crippen MR) is 152 cm³/mol. The number of benzene rings is 2. The average molecular weight is 580 g/mol. The van der Waals surface area contributed by atoms with Crippen molar-refractivity contribution >= 4 is 26.0 Å². The molecule has 3 rings (SSSR count). The zero-order chi connectivity index (χ0) is 28.8. The van der Waals surface area contributed by atoms with Gasteiger partial charge in [-0.25, -0.2) is 16.8 Å². The number of nitrogens with zero attached hydrogens (tertiary/aromatic N) is 3. The Morgan fingerprint density at radius 1 is 1.00 bits per heavy atom. The Labute approximate surface area is 233 Å². The summed E-state index contributed by atoms with van der Waals surface area (Å²) in [5.41, 5.74) is 2.04. The summed E-state index contributed by atoms with van der Waals surface area (Å²) in [7, 11) is -5.73. The van der Waals surface area contributed by atoms with Gasteiger partial charge in [0.15, 0.2) is 0 Å². The van der Waals surface area contributed by atoms with Crippen LogP contribution in [0, 0.1) is 12.8 Å². The van der Waals surface area contributed by atoms with Crippen molar-refractivity contribution in [3.8, 4) is 5.75 Å². The topological polar surface area (TPSA) is 104 Å². The zero-order valence-electron chi connectivity index (χ0n) is 23.5. The molecule has 1 fully saturated rings. The second kappa shape index (κ2) is 13.3. The molecule has 1 aliphatic rings. The Bertz CT molecular complexity index is 1300. The van der Waals surface area contributed by atoms with Gasteiger partial charge in [-0.1, -0.05) is 43.7 Å². The van der Waals surface area contributed by atoms with E-state index in [1.165, 1.54) is 27.9 Å². The van der Waals surface area contributed by atoms with Crippen molar-refractivity contribution in [2.75, 3.05) is 39.0 Å². The molecular formula is C28H41N3O6S2. The van der Waals surface area contributed by atoms with Gasteiger partial charge in [-0.2, -0.15) is 8.61 Å². The SMILES string of the molecule is CCS(=O)(=O)N(CC(=O)N(Cc1ccc(C)cc1)C1CCN(S(=O)(=O)c2ccc(OC)cc2)CC1)CC(C)C. The Balaban J connectivity index is 1.81. The van der Waals surface area contributed by atoms with Gasteiger partial charge in [-0.15, -0.1) is 0 Å². The van der Waals surface area contributed by atoms with Gasteiger partial charge < -0.3 is 9.64 Å². The molecule has 11 heteroatoms. The largest absolute Gasteiger partial charge is 0.497 e. The lowest BCUT2D eigenvalue weighted by molar-refractivity contribution is -0.135. The van der Waals surface area contributed by atoms with Gasteiger partial charge in [-0.3, -0.25) is 4.79 Å². The lowest BCUT2D eigenvalue weighted by Gasteiger charge is -2.39. The maximum absolute atomic E-state index is 13.7. The summed E-state index contributed by atoms with van der Waals surface area (Å²) in [6, 6.07) is 14.0. The van der Waals surface area contributed by atoms with Crippen molar-refractivity contribution in [1.82, 2.24) is 13.5 Å². The van der Waals surface area contributed by atoms with Crippen LogP contribution >= 0.6 is 0 Å². The minimum atomic E-state index is -3.69. The summed E-state index contributed by atoms with van der Waals surface area (Å²) in [6.45, 7) is 8.30. The summed E-state index contributed by atoms with van der Waals surface area (Å²) in [5, 5.41) is 0. The number of rotatable bonds is 12. The van der Waals surface area contributed by atoms with Crippen molar-refractivity contribution in [2.24, 2.45) is 5.92 Å². The number of aryl methyl sites for hydroxylation is 1. The van der Waals surface area contributed by atoms with Gasteiger partial charge in [0.1, 0.15) is 5.75 Å². The van der Waals surface area contributed by atoms with Crippen LogP contribution in [-0.4, -0.2) is 81.3 Å². The van der Waals surface area contributed by atoms with Gasteiger partial charge in [0, 0.05) is 32.2 Å². The molecule has 0 N–H and O–H groups in total. The molecular weight excluding hydrogens is 538 g/mol. The van der Waals surface area contributed by atoms with Crippen LogP contribution in [0.15, 0.2) is 53.4 Å². The number of sulfonamides is 2. The number of ether oxygens (including phenoxy) is 1. The maximum Gasteiger partial charge on any atom is 0.243 e. The summed E-state index contributed by atoms with van der Waals surface area (Å²) >= 11 is 0. The third-order valence-electron chi connectivity index (χ3n) is 6.99. The fraction of sp³-hybridized carbons (Fsp3) is 0.536. The fourth-order valence-electron chi connectivity index (χ4n) is 4.71. The molecule has 0 aromatic heterocycles. The van der Waals surface area contributed by atoms with Crippen LogP contribution in [0.1, 0.15) is 44.7 Å². The number of hydrogen-bond donors (Lipinski definition) is 0. The lowest BCUT2D eigenvalue weighted by Crippen LogP contribution is -2.51. The molecule has 1 heterocycles. The third kappa shape index (κ3) is 8.03. The summed E-state index contributed by atoms with van der Waals surface area (Å²) in [6.07, 6.45) is 0.912. The Morgan fingerprint density at radius 3 is 2.10 bits per heavy atom. The van der Waals surface area contributed by atoms with Crippen molar-refractivity contribution in [2.45, 2.75) is 58.0 Å². The van der Waals surface area contributed by atoms with Gasteiger partial charge in [0.2, 0.25) is 26.0 Å². The maximum atomic E-state index is 13.7. The normalized spacial score (nSPS) is 15.6. The number of hydrogen-bond acceptors (Lipinski definition) is 6. The minimum absolute atomic E-state index is 0.0658. The molecule has 2 aromatic carbocycles. The van der Waals surface area contributed by atoms with E-state index in [0.717, 1.165) is 11.1 Å². The number of amides is 1. The van der Waals surface area contributed by atoms with Crippen LogP contribution in [0.3, 0.4) is 0 Å². The molecule has 0 saturated carbocycles. The van der Waals surface area contributed by atoms with E-state index in [0.29, 0.717) is 25.1 Å². The Kier molecular flexibility index (Phi) is 10.6. The van der Waals surface area contributed by atoms with Crippen molar-refractivity contribution < 1.29 is 26.4 Å². The van der Waals surface area contributed by atoms with Gasteiger partial charge >= 0.3 is 0 Å². The predicted octanol–water partition coefficient (Wildman–Crippen LogP) is 3.49. The molecule has 0 aliphatic carbocycles.